The highest BCUT2D eigenvalue weighted by molar-refractivity contribution is 9.10. The first kappa shape index (κ1) is 15.9. The Hall–Kier alpha value is -1.95. The van der Waals surface area contributed by atoms with Crippen molar-refractivity contribution in [1.29, 1.82) is 0 Å². The van der Waals surface area contributed by atoms with Crippen LogP contribution in [0.2, 0.25) is 0 Å². The lowest BCUT2D eigenvalue weighted by Crippen LogP contribution is -2.38. The number of benzene rings is 1. The van der Waals surface area contributed by atoms with Gasteiger partial charge in [-0.15, -0.1) is 5.10 Å². The minimum atomic E-state index is 0.0995. The second kappa shape index (κ2) is 6.66. The van der Waals surface area contributed by atoms with E-state index in [0.717, 1.165) is 47.2 Å². The monoisotopic (exact) mass is 374 g/mol. The number of nitrogens with zero attached hydrogens (tertiary/aromatic N) is 3. The standard InChI is InChI=1S/C17H19BrN4O/c1-11-10-13(2-3-14(11)18)17(23)22-8-6-12(7-9-22)15-4-5-16(19)21-20-15/h2-5,10,12H,6-9H2,1H3,(H2,19,21). The van der Waals surface area contributed by atoms with E-state index in [4.69, 9.17) is 5.73 Å². The summed E-state index contributed by atoms with van der Waals surface area (Å²) in [6.07, 6.45) is 1.81. The van der Waals surface area contributed by atoms with Gasteiger partial charge in [0.25, 0.3) is 5.91 Å². The fraction of sp³-hybridized carbons (Fsp3) is 0.353. The highest BCUT2D eigenvalue weighted by Gasteiger charge is 2.25. The van der Waals surface area contributed by atoms with Crippen LogP contribution in [0.25, 0.3) is 0 Å². The van der Waals surface area contributed by atoms with Crippen LogP contribution < -0.4 is 5.73 Å². The number of carbonyl (C=O) groups excluding carboxylic acids is 1. The minimum Gasteiger partial charge on any atom is -0.382 e. The van der Waals surface area contributed by atoms with Crippen molar-refractivity contribution in [3.63, 3.8) is 0 Å². The van der Waals surface area contributed by atoms with E-state index in [0.29, 0.717) is 11.7 Å². The lowest BCUT2D eigenvalue weighted by atomic mass is 9.93. The number of hydrogen-bond donors (Lipinski definition) is 1. The molecule has 1 aromatic heterocycles. The lowest BCUT2D eigenvalue weighted by molar-refractivity contribution is 0.0712. The van der Waals surface area contributed by atoms with Gasteiger partial charge >= 0.3 is 0 Å². The number of hydrogen-bond acceptors (Lipinski definition) is 4. The Balaban J connectivity index is 1.65. The van der Waals surface area contributed by atoms with E-state index in [2.05, 4.69) is 26.1 Å². The maximum Gasteiger partial charge on any atom is 0.253 e. The molecule has 3 rings (SSSR count). The first-order valence-corrected chi connectivity index (χ1v) is 8.48. The van der Waals surface area contributed by atoms with Gasteiger partial charge in [0.2, 0.25) is 0 Å². The van der Waals surface area contributed by atoms with Crippen molar-refractivity contribution < 1.29 is 4.79 Å². The summed E-state index contributed by atoms with van der Waals surface area (Å²) in [7, 11) is 0. The van der Waals surface area contributed by atoms with Crippen LogP contribution >= 0.6 is 15.9 Å². The van der Waals surface area contributed by atoms with Crippen LogP contribution in [0.4, 0.5) is 5.82 Å². The van der Waals surface area contributed by atoms with Gasteiger partial charge in [0.15, 0.2) is 0 Å². The number of nitrogen functional groups attached to an aromatic ring is 1. The zero-order valence-electron chi connectivity index (χ0n) is 13.0. The molecule has 120 valence electrons. The van der Waals surface area contributed by atoms with E-state index in [-0.39, 0.29) is 5.91 Å². The first-order chi connectivity index (χ1) is 11.0. The molecule has 0 spiro atoms. The van der Waals surface area contributed by atoms with Gasteiger partial charge in [0, 0.05) is 29.0 Å². The number of likely N-dealkylation sites (tertiary alicyclic amines) is 1. The van der Waals surface area contributed by atoms with Crippen molar-refractivity contribution in [2.24, 2.45) is 0 Å². The minimum absolute atomic E-state index is 0.0995. The molecule has 0 aliphatic carbocycles. The van der Waals surface area contributed by atoms with Gasteiger partial charge in [-0.2, -0.15) is 5.10 Å². The molecule has 1 aliphatic heterocycles. The highest BCUT2D eigenvalue weighted by atomic mass is 79.9. The lowest BCUT2D eigenvalue weighted by Gasteiger charge is -2.31. The predicted octanol–water partition coefficient (Wildman–Crippen LogP) is 3.15. The predicted molar refractivity (Wildman–Crippen MR) is 93.2 cm³/mol. The molecule has 1 aromatic carbocycles. The molecule has 5 nitrogen and oxygen atoms in total. The molecule has 0 bridgehead atoms. The van der Waals surface area contributed by atoms with Crippen LogP contribution in [0.15, 0.2) is 34.8 Å². The number of amides is 1. The number of piperidine rings is 1. The van der Waals surface area contributed by atoms with Gasteiger partial charge in [-0.1, -0.05) is 15.9 Å². The largest absolute Gasteiger partial charge is 0.382 e. The third-order valence-corrected chi connectivity index (χ3v) is 5.20. The summed E-state index contributed by atoms with van der Waals surface area (Å²) in [6.45, 7) is 3.47. The molecule has 0 radical (unpaired) electrons. The van der Waals surface area contributed by atoms with E-state index in [1.807, 2.05) is 36.1 Å². The summed E-state index contributed by atoms with van der Waals surface area (Å²) in [6, 6.07) is 9.45. The third kappa shape index (κ3) is 3.52. The summed E-state index contributed by atoms with van der Waals surface area (Å²) in [5, 5.41) is 8.08. The third-order valence-electron chi connectivity index (χ3n) is 4.31. The fourth-order valence-electron chi connectivity index (χ4n) is 2.91. The molecular weight excluding hydrogens is 356 g/mol. The van der Waals surface area contributed by atoms with Crippen LogP contribution in [-0.4, -0.2) is 34.1 Å². The van der Waals surface area contributed by atoms with Gasteiger partial charge in [0.1, 0.15) is 5.82 Å². The molecule has 2 N–H and O–H groups in total. The molecule has 0 atom stereocenters. The molecule has 1 amide bonds. The van der Waals surface area contributed by atoms with E-state index in [1.54, 1.807) is 6.07 Å². The molecule has 6 heteroatoms. The molecule has 2 heterocycles. The molecule has 0 saturated carbocycles. The number of aromatic nitrogens is 2. The van der Waals surface area contributed by atoms with E-state index in [1.165, 1.54) is 0 Å². The van der Waals surface area contributed by atoms with Crippen molar-refractivity contribution in [2.45, 2.75) is 25.7 Å². The normalized spacial score (nSPS) is 15.7. The van der Waals surface area contributed by atoms with Crippen molar-refractivity contribution >= 4 is 27.7 Å². The highest BCUT2D eigenvalue weighted by Crippen LogP contribution is 2.27. The van der Waals surface area contributed by atoms with Crippen LogP contribution in [-0.2, 0) is 0 Å². The van der Waals surface area contributed by atoms with E-state index >= 15 is 0 Å². The Morgan fingerprint density at radius 1 is 1.22 bits per heavy atom. The average molecular weight is 375 g/mol. The number of nitrogens with two attached hydrogens (primary N) is 1. The smallest absolute Gasteiger partial charge is 0.253 e. The molecular formula is C17H19BrN4O. The number of anilines is 1. The van der Waals surface area contributed by atoms with E-state index in [9.17, 15) is 4.79 Å². The zero-order valence-corrected chi connectivity index (χ0v) is 14.6. The second-order valence-electron chi connectivity index (χ2n) is 5.91. The molecule has 1 saturated heterocycles. The van der Waals surface area contributed by atoms with Gasteiger partial charge in [-0.05, 0) is 55.7 Å². The van der Waals surface area contributed by atoms with Crippen LogP contribution in [0.3, 0.4) is 0 Å². The average Bonchev–Trinajstić information content (AvgIpc) is 2.57. The van der Waals surface area contributed by atoms with Gasteiger partial charge in [-0.3, -0.25) is 4.79 Å². The quantitative estimate of drug-likeness (QED) is 0.875. The number of carbonyl (C=O) groups is 1. The second-order valence-corrected chi connectivity index (χ2v) is 6.77. The summed E-state index contributed by atoms with van der Waals surface area (Å²) >= 11 is 3.47. The summed E-state index contributed by atoms with van der Waals surface area (Å²) < 4.78 is 1.02. The Morgan fingerprint density at radius 3 is 2.57 bits per heavy atom. The first-order valence-electron chi connectivity index (χ1n) is 7.69. The molecule has 0 unspecified atom stereocenters. The Bertz CT molecular complexity index is 709. The number of halogens is 1. The summed E-state index contributed by atoms with van der Waals surface area (Å²) in [5.41, 5.74) is 8.36. The van der Waals surface area contributed by atoms with Crippen molar-refractivity contribution in [2.75, 3.05) is 18.8 Å². The SMILES string of the molecule is Cc1cc(C(=O)N2CCC(c3ccc(N)nn3)CC2)ccc1Br. The fourth-order valence-corrected chi connectivity index (χ4v) is 3.16. The number of rotatable bonds is 2. The zero-order chi connectivity index (χ0) is 16.4. The molecule has 2 aromatic rings. The summed E-state index contributed by atoms with van der Waals surface area (Å²) in [4.78, 5) is 14.5. The molecule has 1 fully saturated rings. The van der Waals surface area contributed by atoms with Crippen LogP contribution in [0.5, 0.6) is 0 Å². The van der Waals surface area contributed by atoms with Crippen LogP contribution in [0.1, 0.15) is 40.4 Å². The maximum absolute atomic E-state index is 12.6. The van der Waals surface area contributed by atoms with Crippen molar-refractivity contribution in [3.05, 3.63) is 51.6 Å². The van der Waals surface area contributed by atoms with E-state index < -0.39 is 0 Å². The summed E-state index contributed by atoms with van der Waals surface area (Å²) in [5.74, 6) is 0.883. The molecule has 23 heavy (non-hydrogen) atoms. The maximum atomic E-state index is 12.6. The Labute approximate surface area is 144 Å². The Kier molecular flexibility index (Phi) is 4.61. The van der Waals surface area contributed by atoms with Crippen molar-refractivity contribution in [3.8, 4) is 0 Å². The van der Waals surface area contributed by atoms with Crippen LogP contribution in [0, 0.1) is 6.92 Å². The Morgan fingerprint density at radius 2 is 1.96 bits per heavy atom. The topological polar surface area (TPSA) is 72.1 Å². The van der Waals surface area contributed by atoms with Crippen molar-refractivity contribution in [1.82, 2.24) is 15.1 Å². The van der Waals surface area contributed by atoms with Gasteiger partial charge in [-0.25, -0.2) is 0 Å². The van der Waals surface area contributed by atoms with Gasteiger partial charge < -0.3 is 10.6 Å². The molecule has 1 aliphatic rings. The number of aryl methyl sites for hydroxylation is 1. The van der Waals surface area contributed by atoms with Gasteiger partial charge in [0.05, 0.1) is 5.69 Å².